The summed E-state index contributed by atoms with van der Waals surface area (Å²) in [5, 5.41) is 27.2. The fourth-order valence-electron chi connectivity index (χ4n) is 1.71. The van der Waals surface area contributed by atoms with E-state index in [0.717, 1.165) is 0 Å². The number of rotatable bonds is 6. The molecule has 8 nitrogen and oxygen atoms in total. The number of nitrogens with one attached hydrogen (secondary N) is 2. The molecule has 0 amide bonds. The van der Waals surface area contributed by atoms with Crippen LogP contribution in [0.4, 0.5) is 22.7 Å². The molecule has 0 atom stereocenters. The van der Waals surface area contributed by atoms with Crippen LogP contribution in [-0.4, -0.2) is 16.5 Å². The molecule has 0 saturated carbocycles. The summed E-state index contributed by atoms with van der Waals surface area (Å²) >= 11 is 0. The van der Waals surface area contributed by atoms with Crippen molar-refractivity contribution in [2.75, 3.05) is 17.3 Å². The van der Waals surface area contributed by atoms with E-state index in [2.05, 4.69) is 10.6 Å². The quantitative estimate of drug-likeness (QED) is 0.480. The Morgan fingerprint density at radius 1 is 0.810 bits per heavy atom. The highest BCUT2D eigenvalue weighted by Gasteiger charge is 2.06. The van der Waals surface area contributed by atoms with Gasteiger partial charge in [-0.05, 0) is 12.1 Å². The van der Waals surface area contributed by atoms with Crippen LogP contribution in [0.2, 0.25) is 0 Å². The molecular formula is C13H12N4O4. The van der Waals surface area contributed by atoms with E-state index in [9.17, 15) is 20.2 Å². The van der Waals surface area contributed by atoms with Gasteiger partial charge in [-0.3, -0.25) is 20.2 Å². The molecule has 2 N–H and O–H groups in total. The van der Waals surface area contributed by atoms with Crippen LogP contribution in [0.3, 0.4) is 0 Å². The summed E-state index contributed by atoms with van der Waals surface area (Å²) < 4.78 is 0. The summed E-state index contributed by atoms with van der Waals surface area (Å²) in [6, 6.07) is 12.2. The van der Waals surface area contributed by atoms with Gasteiger partial charge in [0.15, 0.2) is 0 Å². The Bertz CT molecular complexity index is 617. The van der Waals surface area contributed by atoms with Crippen LogP contribution >= 0.6 is 0 Å². The molecule has 8 heteroatoms. The second-order valence-corrected chi connectivity index (χ2v) is 4.15. The number of hydrogen-bond donors (Lipinski definition) is 2. The van der Waals surface area contributed by atoms with Crippen molar-refractivity contribution in [1.82, 2.24) is 0 Å². The molecule has 108 valence electrons. The maximum Gasteiger partial charge on any atom is 0.271 e. The molecule has 0 saturated heterocycles. The molecule has 2 aromatic carbocycles. The molecule has 0 spiro atoms. The lowest BCUT2D eigenvalue weighted by atomic mass is 10.3. The zero-order chi connectivity index (χ0) is 15.2. The van der Waals surface area contributed by atoms with Gasteiger partial charge in [-0.25, -0.2) is 0 Å². The minimum absolute atomic E-state index is 0.00431. The lowest BCUT2D eigenvalue weighted by Gasteiger charge is -2.09. The summed E-state index contributed by atoms with van der Waals surface area (Å²) in [6.07, 6.45) is 0. The highest BCUT2D eigenvalue weighted by atomic mass is 16.6. The number of hydrogen-bond acceptors (Lipinski definition) is 6. The number of non-ortho nitro benzene ring substituents is 2. The van der Waals surface area contributed by atoms with Crippen molar-refractivity contribution in [3.63, 3.8) is 0 Å². The summed E-state index contributed by atoms with van der Waals surface area (Å²) in [6.45, 7) is 0.280. The second kappa shape index (κ2) is 6.33. The van der Waals surface area contributed by atoms with Crippen LogP contribution in [-0.2, 0) is 0 Å². The van der Waals surface area contributed by atoms with Gasteiger partial charge in [0.1, 0.15) is 0 Å². The summed E-state index contributed by atoms with van der Waals surface area (Å²) in [4.78, 5) is 20.4. The van der Waals surface area contributed by atoms with E-state index in [4.69, 9.17) is 0 Å². The Kier molecular flexibility index (Phi) is 4.30. The molecule has 2 rings (SSSR count). The molecular weight excluding hydrogens is 276 g/mol. The fourth-order valence-corrected chi connectivity index (χ4v) is 1.71. The average molecular weight is 288 g/mol. The van der Waals surface area contributed by atoms with Crippen LogP contribution in [0.1, 0.15) is 0 Å². The first kappa shape index (κ1) is 14.3. The van der Waals surface area contributed by atoms with Gasteiger partial charge in [0.05, 0.1) is 16.5 Å². The first-order chi connectivity index (χ1) is 10.1. The van der Waals surface area contributed by atoms with Gasteiger partial charge < -0.3 is 10.6 Å². The third-order valence-electron chi connectivity index (χ3n) is 2.70. The highest BCUT2D eigenvalue weighted by Crippen LogP contribution is 2.18. The number of nitrogens with zero attached hydrogens (tertiary/aromatic N) is 2. The number of nitro groups is 2. The number of benzene rings is 2. The van der Waals surface area contributed by atoms with Crippen LogP contribution in [0.5, 0.6) is 0 Å². The molecule has 21 heavy (non-hydrogen) atoms. The van der Waals surface area contributed by atoms with Crippen molar-refractivity contribution in [2.24, 2.45) is 0 Å². The van der Waals surface area contributed by atoms with Crippen LogP contribution in [0.25, 0.3) is 0 Å². The maximum absolute atomic E-state index is 10.6. The van der Waals surface area contributed by atoms with Crippen LogP contribution in [0, 0.1) is 20.2 Å². The van der Waals surface area contributed by atoms with E-state index in [0.29, 0.717) is 11.4 Å². The Balaban J connectivity index is 1.95. The Morgan fingerprint density at radius 2 is 1.24 bits per heavy atom. The van der Waals surface area contributed by atoms with Crippen molar-refractivity contribution in [3.05, 3.63) is 68.8 Å². The van der Waals surface area contributed by atoms with Crippen molar-refractivity contribution in [2.45, 2.75) is 0 Å². The summed E-state index contributed by atoms with van der Waals surface area (Å²) in [7, 11) is 0. The van der Waals surface area contributed by atoms with E-state index in [1.807, 2.05) is 0 Å². The predicted molar refractivity (Wildman–Crippen MR) is 78.3 cm³/mol. The third kappa shape index (κ3) is 3.90. The van der Waals surface area contributed by atoms with Gasteiger partial charge in [-0.1, -0.05) is 12.1 Å². The second-order valence-electron chi connectivity index (χ2n) is 4.15. The zero-order valence-electron chi connectivity index (χ0n) is 10.9. The van der Waals surface area contributed by atoms with Gasteiger partial charge >= 0.3 is 0 Å². The van der Waals surface area contributed by atoms with Gasteiger partial charge in [-0.2, -0.15) is 0 Å². The molecule has 0 unspecified atom stereocenters. The van der Waals surface area contributed by atoms with Crippen LogP contribution in [0.15, 0.2) is 48.5 Å². The first-order valence-corrected chi connectivity index (χ1v) is 6.03. The topological polar surface area (TPSA) is 110 Å². The molecule has 0 aliphatic heterocycles. The van der Waals surface area contributed by atoms with Crippen molar-refractivity contribution in [1.29, 1.82) is 0 Å². The SMILES string of the molecule is O=[N+]([O-])c1cccc(NCNc2cccc([N+](=O)[O-])c2)c1. The smallest absolute Gasteiger partial charge is 0.271 e. The van der Waals surface area contributed by atoms with E-state index in [-0.39, 0.29) is 18.0 Å². The van der Waals surface area contributed by atoms with Crippen LogP contribution < -0.4 is 10.6 Å². The molecule has 2 aromatic rings. The average Bonchev–Trinajstić information content (AvgIpc) is 2.48. The van der Waals surface area contributed by atoms with Gasteiger partial charge in [0, 0.05) is 35.6 Å². The Morgan fingerprint density at radius 3 is 1.62 bits per heavy atom. The fraction of sp³-hybridized carbons (Fsp3) is 0.0769. The standard InChI is InChI=1S/C13H12N4O4/c18-16(19)12-5-1-3-10(7-12)14-9-15-11-4-2-6-13(8-11)17(20)21/h1-8,14-15H,9H2. The summed E-state index contributed by atoms with van der Waals surface area (Å²) in [5.74, 6) is 0. The lowest BCUT2D eigenvalue weighted by molar-refractivity contribution is -0.385. The van der Waals surface area contributed by atoms with E-state index < -0.39 is 9.85 Å². The van der Waals surface area contributed by atoms with Crippen molar-refractivity contribution in [3.8, 4) is 0 Å². The van der Waals surface area contributed by atoms with E-state index in [1.54, 1.807) is 24.3 Å². The summed E-state index contributed by atoms with van der Waals surface area (Å²) in [5.41, 5.74) is 1.16. The molecule has 0 aromatic heterocycles. The molecule has 0 aliphatic carbocycles. The van der Waals surface area contributed by atoms with Gasteiger partial charge in [0.25, 0.3) is 11.4 Å². The predicted octanol–water partition coefficient (Wildman–Crippen LogP) is 2.98. The third-order valence-corrected chi connectivity index (χ3v) is 2.70. The van der Waals surface area contributed by atoms with Gasteiger partial charge in [0.2, 0.25) is 0 Å². The first-order valence-electron chi connectivity index (χ1n) is 6.03. The van der Waals surface area contributed by atoms with E-state index in [1.165, 1.54) is 24.3 Å². The van der Waals surface area contributed by atoms with Gasteiger partial charge in [-0.15, -0.1) is 0 Å². The molecule has 0 heterocycles. The maximum atomic E-state index is 10.6. The van der Waals surface area contributed by atoms with Crippen molar-refractivity contribution >= 4 is 22.7 Å². The normalized spacial score (nSPS) is 9.90. The largest absolute Gasteiger partial charge is 0.368 e. The number of anilines is 2. The molecule has 0 aliphatic rings. The highest BCUT2D eigenvalue weighted by molar-refractivity contribution is 5.54. The van der Waals surface area contributed by atoms with E-state index >= 15 is 0 Å². The minimum atomic E-state index is -0.473. The molecule has 0 bridgehead atoms. The number of nitro benzene ring substituents is 2. The molecule has 0 radical (unpaired) electrons. The Labute approximate surface area is 119 Å². The van der Waals surface area contributed by atoms with Crippen molar-refractivity contribution < 1.29 is 9.85 Å². The lowest BCUT2D eigenvalue weighted by Crippen LogP contribution is -2.11. The monoisotopic (exact) mass is 288 g/mol. The Hall–Kier alpha value is -3.16. The molecule has 0 fully saturated rings. The zero-order valence-corrected chi connectivity index (χ0v) is 10.9. The minimum Gasteiger partial charge on any atom is -0.368 e.